The Kier molecular flexibility index (Phi) is 6.27. The largest absolute Gasteiger partial charge is 0.508 e. The minimum Gasteiger partial charge on any atom is -0.508 e. The van der Waals surface area contributed by atoms with Gasteiger partial charge >= 0.3 is 0 Å². The van der Waals surface area contributed by atoms with Crippen molar-refractivity contribution in [2.75, 3.05) is 26.3 Å². The first-order valence-corrected chi connectivity index (χ1v) is 10.7. The third-order valence-corrected chi connectivity index (χ3v) is 5.76. The van der Waals surface area contributed by atoms with E-state index in [0.717, 1.165) is 49.8 Å². The Morgan fingerprint density at radius 3 is 2.42 bits per heavy atom. The average Bonchev–Trinajstić information content (AvgIpc) is 3.18. The highest BCUT2D eigenvalue weighted by Crippen LogP contribution is 2.38. The summed E-state index contributed by atoms with van der Waals surface area (Å²) in [5.41, 5.74) is 10.3. The molecule has 0 spiro atoms. The number of imidazole rings is 1. The maximum Gasteiger partial charge on any atom is 0.148 e. The number of hydrogen-bond acceptors (Lipinski definition) is 6. The van der Waals surface area contributed by atoms with Gasteiger partial charge in [0.2, 0.25) is 0 Å². The Morgan fingerprint density at radius 2 is 1.77 bits per heavy atom. The van der Waals surface area contributed by atoms with Crippen LogP contribution in [-0.2, 0) is 17.8 Å². The number of phenolic OH excluding ortho intramolecular Hbond substituents is 2. The van der Waals surface area contributed by atoms with Gasteiger partial charge in [0, 0.05) is 37.9 Å². The van der Waals surface area contributed by atoms with Crippen molar-refractivity contribution < 1.29 is 14.9 Å². The van der Waals surface area contributed by atoms with Crippen LogP contribution in [0, 0.1) is 0 Å². The van der Waals surface area contributed by atoms with Crippen LogP contribution in [0.15, 0.2) is 42.6 Å². The summed E-state index contributed by atoms with van der Waals surface area (Å²) in [6, 6.07) is 11.5. The summed E-state index contributed by atoms with van der Waals surface area (Å²) >= 11 is 0. The van der Waals surface area contributed by atoms with E-state index in [0.29, 0.717) is 17.9 Å². The van der Waals surface area contributed by atoms with E-state index in [1.165, 1.54) is 11.6 Å². The first kappa shape index (κ1) is 21.4. The molecule has 31 heavy (non-hydrogen) atoms. The zero-order valence-electron chi connectivity index (χ0n) is 18.1. The molecule has 0 bridgehead atoms. The molecule has 4 N–H and O–H groups in total. The smallest absolute Gasteiger partial charge is 0.148 e. The second-order valence-corrected chi connectivity index (χ2v) is 8.25. The number of phenols is 2. The SMILES string of the molecule is CC(C)c1cc(-c2ncc(CN)n2-c2ccc(CN3CCOCC3)cc2)c(O)cc1O. The summed E-state index contributed by atoms with van der Waals surface area (Å²) in [6.07, 6.45) is 1.73. The summed E-state index contributed by atoms with van der Waals surface area (Å²) in [4.78, 5) is 6.94. The molecule has 0 atom stereocenters. The number of rotatable bonds is 6. The van der Waals surface area contributed by atoms with Crippen molar-refractivity contribution in [1.29, 1.82) is 0 Å². The number of morpholine rings is 1. The van der Waals surface area contributed by atoms with E-state index in [9.17, 15) is 10.2 Å². The van der Waals surface area contributed by atoms with Crippen LogP contribution in [0.3, 0.4) is 0 Å². The van der Waals surface area contributed by atoms with Crippen LogP contribution in [0.5, 0.6) is 11.5 Å². The lowest BCUT2D eigenvalue weighted by Crippen LogP contribution is -2.35. The molecule has 2 aromatic carbocycles. The van der Waals surface area contributed by atoms with Gasteiger partial charge in [-0.05, 0) is 35.2 Å². The van der Waals surface area contributed by atoms with Gasteiger partial charge in [0.25, 0.3) is 0 Å². The van der Waals surface area contributed by atoms with E-state index in [-0.39, 0.29) is 17.4 Å². The van der Waals surface area contributed by atoms with E-state index in [4.69, 9.17) is 10.5 Å². The van der Waals surface area contributed by atoms with Crippen molar-refractivity contribution in [2.45, 2.75) is 32.9 Å². The molecule has 1 aliphatic heterocycles. The Bertz CT molecular complexity index is 1040. The second kappa shape index (κ2) is 9.09. The maximum atomic E-state index is 10.6. The highest BCUT2D eigenvalue weighted by Gasteiger charge is 2.19. The molecule has 164 valence electrons. The highest BCUT2D eigenvalue weighted by molar-refractivity contribution is 5.70. The number of aromatic hydroxyl groups is 2. The van der Waals surface area contributed by atoms with Crippen molar-refractivity contribution in [2.24, 2.45) is 5.73 Å². The number of nitrogens with two attached hydrogens (primary N) is 1. The van der Waals surface area contributed by atoms with Gasteiger partial charge in [-0.3, -0.25) is 9.47 Å². The molecule has 2 heterocycles. The fourth-order valence-electron chi connectivity index (χ4n) is 4.01. The van der Waals surface area contributed by atoms with Crippen molar-refractivity contribution in [3.8, 4) is 28.6 Å². The van der Waals surface area contributed by atoms with E-state index >= 15 is 0 Å². The van der Waals surface area contributed by atoms with Crippen LogP contribution in [-0.4, -0.2) is 51.0 Å². The van der Waals surface area contributed by atoms with Gasteiger partial charge in [-0.15, -0.1) is 0 Å². The van der Waals surface area contributed by atoms with Gasteiger partial charge in [-0.1, -0.05) is 26.0 Å². The monoisotopic (exact) mass is 422 g/mol. The zero-order valence-corrected chi connectivity index (χ0v) is 18.1. The lowest BCUT2D eigenvalue weighted by molar-refractivity contribution is 0.0342. The Morgan fingerprint density at radius 1 is 1.06 bits per heavy atom. The van der Waals surface area contributed by atoms with Crippen LogP contribution in [0.4, 0.5) is 0 Å². The normalized spacial score (nSPS) is 15.0. The lowest BCUT2D eigenvalue weighted by Gasteiger charge is -2.26. The number of aromatic nitrogens is 2. The first-order chi connectivity index (χ1) is 15.0. The Balaban J connectivity index is 1.70. The predicted octanol–water partition coefficient (Wildman–Crippen LogP) is 3.36. The molecule has 1 aromatic heterocycles. The summed E-state index contributed by atoms with van der Waals surface area (Å²) in [7, 11) is 0. The molecule has 0 aliphatic carbocycles. The zero-order chi connectivity index (χ0) is 22.0. The molecule has 1 aliphatic rings. The van der Waals surface area contributed by atoms with Gasteiger partial charge in [0.15, 0.2) is 0 Å². The molecule has 1 saturated heterocycles. The summed E-state index contributed by atoms with van der Waals surface area (Å²) in [5, 5.41) is 20.8. The molecule has 0 radical (unpaired) electrons. The van der Waals surface area contributed by atoms with Gasteiger partial charge in [0.05, 0.1) is 30.7 Å². The van der Waals surface area contributed by atoms with Gasteiger partial charge in [-0.25, -0.2) is 4.98 Å². The van der Waals surface area contributed by atoms with E-state index in [2.05, 4.69) is 34.1 Å². The maximum absolute atomic E-state index is 10.6. The molecular weight excluding hydrogens is 392 g/mol. The third kappa shape index (κ3) is 4.44. The van der Waals surface area contributed by atoms with Gasteiger partial charge in [0.1, 0.15) is 17.3 Å². The van der Waals surface area contributed by atoms with Gasteiger partial charge in [-0.2, -0.15) is 0 Å². The van der Waals surface area contributed by atoms with E-state index < -0.39 is 0 Å². The molecule has 3 aromatic rings. The third-order valence-electron chi connectivity index (χ3n) is 5.76. The van der Waals surface area contributed by atoms with Crippen LogP contribution < -0.4 is 5.73 Å². The molecule has 7 nitrogen and oxygen atoms in total. The Labute approximate surface area is 182 Å². The summed E-state index contributed by atoms with van der Waals surface area (Å²) in [6.45, 7) is 8.67. The fraction of sp³-hybridized carbons (Fsp3) is 0.375. The second-order valence-electron chi connectivity index (χ2n) is 8.25. The number of nitrogens with zero attached hydrogens (tertiary/aromatic N) is 3. The molecule has 0 amide bonds. The lowest BCUT2D eigenvalue weighted by atomic mass is 9.98. The van der Waals surface area contributed by atoms with Crippen molar-refractivity contribution in [3.05, 3.63) is 59.4 Å². The molecule has 0 saturated carbocycles. The minimum atomic E-state index is -0.0127. The summed E-state index contributed by atoms with van der Waals surface area (Å²) in [5.74, 6) is 0.777. The van der Waals surface area contributed by atoms with Crippen LogP contribution >= 0.6 is 0 Å². The fourth-order valence-corrected chi connectivity index (χ4v) is 4.01. The van der Waals surface area contributed by atoms with Crippen LogP contribution in [0.1, 0.15) is 36.6 Å². The van der Waals surface area contributed by atoms with Gasteiger partial charge < -0.3 is 20.7 Å². The number of benzene rings is 2. The predicted molar refractivity (Wildman–Crippen MR) is 120 cm³/mol. The topological polar surface area (TPSA) is 96.8 Å². The van der Waals surface area contributed by atoms with Crippen molar-refractivity contribution in [3.63, 3.8) is 0 Å². The summed E-state index contributed by atoms with van der Waals surface area (Å²) < 4.78 is 7.39. The van der Waals surface area contributed by atoms with Crippen molar-refractivity contribution in [1.82, 2.24) is 14.5 Å². The van der Waals surface area contributed by atoms with Crippen molar-refractivity contribution >= 4 is 0 Å². The van der Waals surface area contributed by atoms with Crippen LogP contribution in [0.25, 0.3) is 17.1 Å². The van der Waals surface area contributed by atoms with Crippen LogP contribution in [0.2, 0.25) is 0 Å². The highest BCUT2D eigenvalue weighted by atomic mass is 16.5. The standard InChI is InChI=1S/C24H30N4O3/c1-16(2)20-11-21(23(30)12-22(20)29)24-26-14-19(13-25)28(24)18-5-3-17(4-6-18)15-27-7-9-31-10-8-27/h3-6,11-12,14,16,29-30H,7-10,13,15,25H2,1-2H3. The minimum absolute atomic E-state index is 0.0127. The molecule has 7 heteroatoms. The quantitative estimate of drug-likeness (QED) is 0.564. The molecular formula is C24H30N4O3. The first-order valence-electron chi connectivity index (χ1n) is 10.7. The van der Waals surface area contributed by atoms with E-state index in [1.54, 1.807) is 12.3 Å². The van der Waals surface area contributed by atoms with E-state index in [1.807, 2.05) is 18.4 Å². The number of hydrogen-bond donors (Lipinski definition) is 3. The number of ether oxygens (including phenoxy) is 1. The average molecular weight is 423 g/mol. The Hall–Kier alpha value is -2.87. The molecule has 1 fully saturated rings. The molecule has 4 rings (SSSR count). The molecule has 0 unspecified atom stereocenters.